The van der Waals surface area contributed by atoms with Crippen molar-refractivity contribution < 1.29 is 75.8 Å². The Balaban J connectivity index is 4.64. The number of esters is 3. The lowest BCUT2D eigenvalue weighted by Gasteiger charge is -2.21. The van der Waals surface area contributed by atoms with Crippen molar-refractivity contribution in [3.63, 3.8) is 0 Å². The molecule has 0 bridgehead atoms. The molecule has 0 fully saturated rings. The van der Waals surface area contributed by atoms with E-state index in [1.165, 1.54) is 180 Å². The molecule has 0 aromatic heterocycles. The standard InChI is InChI=1S/C113H190O16P2/c1-4-7-10-13-16-19-22-25-28-31-34-37-40-43-46-49-52-53-56-58-60-63-66-69-72-75-78-81-84-87-90-93-96-99-111(116)123-102-108(114)103-125-130(119,120)126-104-109(115)105-127-131(121,122)128-107-110(129-113(118)101-98-95-92-89-86-83-80-77-74-71-68-65-62-59-55-51-48-45-42-39-36-33-30-27-24-21-18-15-12-9-6-3)106-124-112(117)100-97-94-91-88-85-82-79-76-73-70-67-64-61-57-54-50-47-44-41-38-35-32-29-26-23-20-17-14-11-8-5-2/h7-12,16-21,25-30,34-39,43-48,54-55,57,59,108-110,114-115H,4-6,13-15,22-24,31-33,40-42,49-53,56,58,60-107H2,1-3H3,(H,119,120)(H,121,122)/b10-7-,11-8-,12-9-,19-16-,20-17-,21-18-,28-25-,29-26-,30-27-,37-34-,38-35-,39-36-,46-43-,47-44-,48-45-,57-54-,59-55-. The SMILES string of the molecule is CC/C=C\C/C=C\C/C=C\C/C=C\C/C=C\C/C=C\CCCCCCCCCCCCCCC(=O)OCC(COP(=O)(O)OCC(O)COP(=O)(O)OCC(O)COC(=O)CCCCCCCCCCCCCCCCCCC/C=C\C/C=C\C/C=C\C/C=C\C/C=C\CC)OC(=O)CCCCCCCCCCCCCC/C=C\C/C=C\C/C=C\C/C=C\C/C=C\C/C=C\CC. The first-order valence-corrected chi connectivity index (χ1v) is 55.4. The van der Waals surface area contributed by atoms with E-state index < -0.39 is 91.5 Å². The van der Waals surface area contributed by atoms with Gasteiger partial charge in [0.05, 0.1) is 26.4 Å². The Bertz CT molecular complexity index is 3210. The molecule has 5 atom stereocenters. The van der Waals surface area contributed by atoms with Crippen LogP contribution in [0, 0.1) is 0 Å². The zero-order valence-electron chi connectivity index (χ0n) is 82.9. The van der Waals surface area contributed by atoms with Crippen molar-refractivity contribution in [2.24, 2.45) is 0 Å². The van der Waals surface area contributed by atoms with Gasteiger partial charge in [0.2, 0.25) is 0 Å². The Labute approximate surface area is 800 Å². The molecule has 0 spiro atoms. The van der Waals surface area contributed by atoms with Gasteiger partial charge in [0.25, 0.3) is 0 Å². The smallest absolute Gasteiger partial charge is 0.463 e. The maximum Gasteiger partial charge on any atom is 0.472 e. The van der Waals surface area contributed by atoms with Crippen LogP contribution in [0.1, 0.15) is 432 Å². The number of carbonyl (C=O) groups excluding carboxylic acids is 3. The number of hydrogen-bond donors (Lipinski definition) is 4. The molecule has 131 heavy (non-hydrogen) atoms. The van der Waals surface area contributed by atoms with Gasteiger partial charge in [0.1, 0.15) is 25.4 Å². The topological polar surface area (TPSA) is 231 Å². The van der Waals surface area contributed by atoms with E-state index in [1.54, 1.807) is 0 Å². The monoisotopic (exact) mass is 1870 g/mol. The first-order chi connectivity index (χ1) is 64.2. The van der Waals surface area contributed by atoms with Gasteiger partial charge in [-0.25, -0.2) is 9.13 Å². The van der Waals surface area contributed by atoms with Crippen molar-refractivity contribution in [3.8, 4) is 0 Å². The van der Waals surface area contributed by atoms with E-state index in [-0.39, 0.29) is 19.3 Å². The van der Waals surface area contributed by atoms with Crippen LogP contribution in [0.2, 0.25) is 0 Å². The highest BCUT2D eigenvalue weighted by Gasteiger charge is 2.30. The van der Waals surface area contributed by atoms with Crippen LogP contribution in [-0.2, 0) is 55.8 Å². The maximum absolute atomic E-state index is 13.1. The maximum atomic E-state index is 13.1. The van der Waals surface area contributed by atoms with E-state index in [0.717, 1.165) is 193 Å². The van der Waals surface area contributed by atoms with Gasteiger partial charge in [-0.1, -0.05) is 452 Å². The normalized spacial score (nSPS) is 14.5. The van der Waals surface area contributed by atoms with Crippen molar-refractivity contribution in [1.29, 1.82) is 0 Å². The number of phosphoric ester groups is 2. The summed E-state index contributed by atoms with van der Waals surface area (Å²) < 4.78 is 61.8. The highest BCUT2D eigenvalue weighted by atomic mass is 31.2. The van der Waals surface area contributed by atoms with E-state index in [4.69, 9.17) is 32.3 Å². The molecule has 0 aliphatic carbocycles. The van der Waals surface area contributed by atoms with Crippen LogP contribution in [0.15, 0.2) is 207 Å². The molecule has 18 heteroatoms. The lowest BCUT2D eigenvalue weighted by atomic mass is 10.0. The molecule has 0 rings (SSSR count). The number of carbonyl (C=O) groups is 3. The summed E-state index contributed by atoms with van der Waals surface area (Å²) in [6, 6.07) is 0. The number of hydrogen-bond acceptors (Lipinski definition) is 14. The van der Waals surface area contributed by atoms with Crippen LogP contribution in [0.25, 0.3) is 0 Å². The third kappa shape index (κ3) is 104. The number of aliphatic hydroxyl groups is 2. The molecule has 748 valence electrons. The molecule has 0 aliphatic heterocycles. The van der Waals surface area contributed by atoms with Gasteiger partial charge in [-0.15, -0.1) is 0 Å². The van der Waals surface area contributed by atoms with Crippen LogP contribution in [-0.4, -0.2) is 95.9 Å². The second-order valence-corrected chi connectivity index (χ2v) is 37.5. The van der Waals surface area contributed by atoms with Crippen LogP contribution in [0.5, 0.6) is 0 Å². The Kier molecular flexibility index (Phi) is 98.4. The highest BCUT2D eigenvalue weighted by molar-refractivity contribution is 7.47. The van der Waals surface area contributed by atoms with E-state index in [1.807, 2.05) is 0 Å². The fraction of sp³-hybridized carbons (Fsp3) is 0.673. The lowest BCUT2D eigenvalue weighted by Crippen LogP contribution is -2.30. The summed E-state index contributed by atoms with van der Waals surface area (Å²) in [5.41, 5.74) is 0. The minimum Gasteiger partial charge on any atom is -0.463 e. The van der Waals surface area contributed by atoms with Gasteiger partial charge in [-0.05, 0) is 167 Å². The molecule has 0 heterocycles. The zero-order chi connectivity index (χ0) is 95.0. The van der Waals surface area contributed by atoms with Gasteiger partial charge >= 0.3 is 33.6 Å². The van der Waals surface area contributed by atoms with E-state index >= 15 is 0 Å². The van der Waals surface area contributed by atoms with Gasteiger partial charge in [-0.3, -0.25) is 32.5 Å². The predicted molar refractivity (Wildman–Crippen MR) is 555 cm³/mol. The summed E-state index contributed by atoms with van der Waals surface area (Å²) in [6.45, 7) is 2.40. The summed E-state index contributed by atoms with van der Waals surface area (Å²) in [4.78, 5) is 59.3. The van der Waals surface area contributed by atoms with Crippen molar-refractivity contribution >= 4 is 33.6 Å². The van der Waals surface area contributed by atoms with Gasteiger partial charge < -0.3 is 34.2 Å². The Morgan fingerprint density at radius 3 is 0.603 bits per heavy atom. The minimum absolute atomic E-state index is 0.0957. The Morgan fingerprint density at radius 2 is 0.382 bits per heavy atom. The summed E-state index contributed by atoms with van der Waals surface area (Å²) in [6.07, 6.45) is 140. The Morgan fingerprint density at radius 1 is 0.214 bits per heavy atom. The largest absolute Gasteiger partial charge is 0.472 e. The number of phosphoric acid groups is 2. The fourth-order valence-corrected chi connectivity index (χ4v) is 15.8. The first-order valence-electron chi connectivity index (χ1n) is 52.4. The average Bonchev–Trinajstić information content (AvgIpc) is 0.896. The van der Waals surface area contributed by atoms with E-state index in [9.17, 15) is 43.5 Å². The van der Waals surface area contributed by atoms with Gasteiger partial charge in [0, 0.05) is 19.3 Å². The molecule has 0 amide bonds. The van der Waals surface area contributed by atoms with Crippen molar-refractivity contribution in [2.45, 2.75) is 450 Å². The number of allylic oxidation sites excluding steroid dienone is 34. The molecule has 16 nitrogen and oxygen atoms in total. The predicted octanol–water partition coefficient (Wildman–Crippen LogP) is 33.5. The minimum atomic E-state index is -4.95. The second kappa shape index (κ2) is 103. The van der Waals surface area contributed by atoms with Gasteiger partial charge in [0.15, 0.2) is 6.10 Å². The summed E-state index contributed by atoms with van der Waals surface area (Å²) in [5, 5.41) is 20.8. The van der Waals surface area contributed by atoms with Crippen molar-refractivity contribution in [1.82, 2.24) is 0 Å². The van der Waals surface area contributed by atoms with Crippen molar-refractivity contribution in [3.05, 3.63) is 207 Å². The third-order valence-corrected chi connectivity index (χ3v) is 23.9. The molecule has 0 aromatic rings. The number of unbranched alkanes of at least 4 members (excludes halogenated alkanes) is 41. The third-order valence-electron chi connectivity index (χ3n) is 22.0. The van der Waals surface area contributed by atoms with E-state index in [2.05, 4.69) is 227 Å². The molecule has 4 N–H and O–H groups in total. The molecule has 5 unspecified atom stereocenters. The summed E-state index contributed by atoms with van der Waals surface area (Å²) in [7, 11) is -9.83. The average molecular weight is 1870 g/mol. The number of rotatable bonds is 98. The molecule has 0 aromatic carbocycles. The zero-order valence-corrected chi connectivity index (χ0v) is 84.7. The van der Waals surface area contributed by atoms with Crippen LogP contribution >= 0.6 is 15.6 Å². The fourth-order valence-electron chi connectivity index (χ4n) is 14.2. The number of ether oxygens (including phenoxy) is 3. The number of aliphatic hydroxyl groups excluding tert-OH is 2. The highest BCUT2D eigenvalue weighted by Crippen LogP contribution is 2.45. The molecular weight excluding hydrogens is 1680 g/mol. The van der Waals surface area contributed by atoms with Crippen molar-refractivity contribution in [2.75, 3.05) is 39.6 Å². The molecule has 0 saturated heterocycles. The molecule has 0 radical (unpaired) electrons. The first kappa shape index (κ1) is 125. The second-order valence-electron chi connectivity index (χ2n) is 34.6. The van der Waals surface area contributed by atoms with Crippen LogP contribution < -0.4 is 0 Å². The van der Waals surface area contributed by atoms with Crippen LogP contribution in [0.3, 0.4) is 0 Å². The van der Waals surface area contributed by atoms with Gasteiger partial charge in [-0.2, -0.15) is 0 Å². The quantitative estimate of drug-likeness (QED) is 0.0146. The summed E-state index contributed by atoms with van der Waals surface area (Å²) >= 11 is 0. The molecule has 0 saturated carbocycles. The molecular formula is C113H190O16P2. The molecule has 0 aliphatic rings. The van der Waals surface area contributed by atoms with E-state index in [0.29, 0.717) is 19.3 Å². The summed E-state index contributed by atoms with van der Waals surface area (Å²) in [5.74, 6) is -1.57. The lowest BCUT2D eigenvalue weighted by molar-refractivity contribution is -0.161. The van der Waals surface area contributed by atoms with Crippen LogP contribution in [0.4, 0.5) is 0 Å². The Hall–Kier alpha value is -5.87.